The van der Waals surface area contributed by atoms with Gasteiger partial charge < -0.3 is 15.2 Å². The van der Waals surface area contributed by atoms with E-state index in [0.717, 1.165) is 5.56 Å². The molecule has 0 fully saturated rings. The van der Waals surface area contributed by atoms with Gasteiger partial charge in [-0.1, -0.05) is 31.2 Å². The Labute approximate surface area is 151 Å². The summed E-state index contributed by atoms with van der Waals surface area (Å²) in [6.07, 6.45) is -0.644. The molecule has 0 bridgehead atoms. The first kappa shape index (κ1) is 19.4. The zero-order valence-electron chi connectivity index (χ0n) is 14.7. The van der Waals surface area contributed by atoms with Crippen LogP contribution in [0.15, 0.2) is 48.5 Å². The zero-order chi connectivity index (χ0) is 19.1. The van der Waals surface area contributed by atoms with Gasteiger partial charge in [0.15, 0.2) is 6.10 Å². The van der Waals surface area contributed by atoms with Crippen LogP contribution in [0.5, 0.6) is 5.75 Å². The summed E-state index contributed by atoms with van der Waals surface area (Å²) in [4.78, 5) is 23.7. The lowest BCUT2D eigenvalue weighted by Crippen LogP contribution is -2.40. The van der Waals surface area contributed by atoms with Gasteiger partial charge in [-0.05, 0) is 48.7 Å². The summed E-state index contributed by atoms with van der Waals surface area (Å²) in [7, 11) is 0. The number of carbonyl (C=O) groups excluding carboxylic acids is 1. The summed E-state index contributed by atoms with van der Waals surface area (Å²) in [6.45, 7) is 3.73. The van der Waals surface area contributed by atoms with E-state index in [1.807, 2.05) is 32.0 Å². The Morgan fingerprint density at radius 1 is 1.19 bits per heavy atom. The van der Waals surface area contributed by atoms with Crippen molar-refractivity contribution in [1.82, 2.24) is 5.32 Å². The number of halogens is 1. The molecule has 2 aromatic carbocycles. The van der Waals surface area contributed by atoms with Gasteiger partial charge in [0.25, 0.3) is 5.91 Å². The van der Waals surface area contributed by atoms with Crippen LogP contribution in [0, 0.1) is 12.7 Å². The number of carbonyl (C=O) groups is 2. The van der Waals surface area contributed by atoms with Crippen LogP contribution in [-0.4, -0.2) is 23.1 Å². The Balaban J connectivity index is 2.13. The molecular weight excluding hydrogens is 337 g/mol. The standard InChI is InChI=1S/C20H22FNO4/c1-3-18(26-16-6-4-5-13(2)11-16)20(25)22-17(12-19(23)24)14-7-9-15(21)10-8-14/h4-11,17-18H,3,12H2,1-2H3,(H,22,25)(H,23,24). The summed E-state index contributed by atoms with van der Waals surface area (Å²) in [5.74, 6) is -1.33. The van der Waals surface area contributed by atoms with E-state index >= 15 is 0 Å². The number of rotatable bonds is 8. The minimum atomic E-state index is -1.06. The van der Waals surface area contributed by atoms with Crippen LogP contribution in [0.4, 0.5) is 4.39 Å². The molecule has 2 unspecified atom stereocenters. The maximum atomic E-state index is 13.1. The molecule has 0 aromatic heterocycles. The highest BCUT2D eigenvalue weighted by molar-refractivity contribution is 5.82. The second-order valence-electron chi connectivity index (χ2n) is 6.04. The van der Waals surface area contributed by atoms with Crippen molar-refractivity contribution < 1.29 is 23.8 Å². The van der Waals surface area contributed by atoms with Gasteiger partial charge in [0.1, 0.15) is 11.6 Å². The Morgan fingerprint density at radius 3 is 2.46 bits per heavy atom. The minimum absolute atomic E-state index is 0.307. The van der Waals surface area contributed by atoms with Gasteiger partial charge in [-0.25, -0.2) is 4.39 Å². The summed E-state index contributed by atoms with van der Waals surface area (Å²) in [5, 5.41) is 11.8. The van der Waals surface area contributed by atoms with Crippen LogP contribution in [0.3, 0.4) is 0 Å². The van der Waals surface area contributed by atoms with Crippen LogP contribution >= 0.6 is 0 Å². The molecule has 0 saturated heterocycles. The maximum absolute atomic E-state index is 13.1. The monoisotopic (exact) mass is 359 g/mol. The molecule has 26 heavy (non-hydrogen) atoms. The Bertz CT molecular complexity index is 761. The highest BCUT2D eigenvalue weighted by atomic mass is 19.1. The van der Waals surface area contributed by atoms with Crippen LogP contribution in [0.25, 0.3) is 0 Å². The van der Waals surface area contributed by atoms with Crippen LogP contribution < -0.4 is 10.1 Å². The van der Waals surface area contributed by atoms with Gasteiger partial charge in [0, 0.05) is 0 Å². The number of hydrogen-bond acceptors (Lipinski definition) is 3. The third kappa shape index (κ3) is 5.58. The molecule has 0 radical (unpaired) electrons. The lowest BCUT2D eigenvalue weighted by Gasteiger charge is -2.22. The predicted molar refractivity (Wildman–Crippen MR) is 95.4 cm³/mol. The largest absolute Gasteiger partial charge is 0.481 e. The second-order valence-corrected chi connectivity index (χ2v) is 6.04. The third-order valence-electron chi connectivity index (χ3n) is 3.90. The molecule has 0 aliphatic carbocycles. The molecule has 2 aromatic rings. The van der Waals surface area contributed by atoms with Gasteiger partial charge >= 0.3 is 5.97 Å². The van der Waals surface area contributed by atoms with Crippen molar-refractivity contribution in [2.75, 3.05) is 0 Å². The van der Waals surface area contributed by atoms with E-state index in [2.05, 4.69) is 5.32 Å². The van der Waals surface area contributed by atoms with Gasteiger partial charge in [-0.3, -0.25) is 9.59 Å². The summed E-state index contributed by atoms with van der Waals surface area (Å²) >= 11 is 0. The van der Waals surface area contributed by atoms with Crippen molar-refractivity contribution >= 4 is 11.9 Å². The predicted octanol–water partition coefficient (Wildman–Crippen LogP) is 3.62. The average molecular weight is 359 g/mol. The first-order valence-corrected chi connectivity index (χ1v) is 8.40. The van der Waals surface area contributed by atoms with Crippen LogP contribution in [-0.2, 0) is 9.59 Å². The highest BCUT2D eigenvalue weighted by Gasteiger charge is 2.24. The normalized spacial score (nSPS) is 12.9. The van der Waals surface area contributed by atoms with Crippen molar-refractivity contribution in [3.05, 3.63) is 65.5 Å². The maximum Gasteiger partial charge on any atom is 0.305 e. The smallest absolute Gasteiger partial charge is 0.305 e. The van der Waals surface area contributed by atoms with E-state index in [1.165, 1.54) is 24.3 Å². The van der Waals surface area contributed by atoms with Gasteiger partial charge in [-0.15, -0.1) is 0 Å². The molecule has 0 aliphatic rings. The summed E-state index contributed by atoms with van der Waals surface area (Å²) in [5.41, 5.74) is 1.53. The lowest BCUT2D eigenvalue weighted by molar-refractivity contribution is -0.138. The van der Waals surface area contributed by atoms with Gasteiger partial charge in [0.05, 0.1) is 12.5 Å². The van der Waals surface area contributed by atoms with Gasteiger partial charge in [0.2, 0.25) is 0 Å². The fourth-order valence-corrected chi connectivity index (χ4v) is 2.56. The zero-order valence-corrected chi connectivity index (χ0v) is 14.7. The molecular formula is C20H22FNO4. The van der Waals surface area contributed by atoms with Crippen LogP contribution in [0.2, 0.25) is 0 Å². The first-order chi connectivity index (χ1) is 12.4. The van der Waals surface area contributed by atoms with Crippen molar-refractivity contribution in [3.8, 4) is 5.75 Å². The van der Waals surface area contributed by atoms with E-state index in [1.54, 1.807) is 6.07 Å². The fourth-order valence-electron chi connectivity index (χ4n) is 2.56. The first-order valence-electron chi connectivity index (χ1n) is 8.40. The molecule has 2 atom stereocenters. The molecule has 0 spiro atoms. The number of nitrogens with one attached hydrogen (secondary N) is 1. The van der Waals surface area contributed by atoms with E-state index < -0.39 is 29.8 Å². The van der Waals surface area contributed by atoms with Crippen LogP contribution in [0.1, 0.15) is 36.9 Å². The average Bonchev–Trinajstić information content (AvgIpc) is 2.59. The summed E-state index contributed by atoms with van der Waals surface area (Å²) < 4.78 is 18.9. The summed E-state index contributed by atoms with van der Waals surface area (Å²) in [6, 6.07) is 12.0. The lowest BCUT2D eigenvalue weighted by atomic mass is 10.0. The van der Waals surface area contributed by atoms with Crippen molar-refractivity contribution in [1.29, 1.82) is 0 Å². The number of benzene rings is 2. The van der Waals surface area contributed by atoms with Crippen molar-refractivity contribution in [2.45, 2.75) is 38.8 Å². The second kappa shape index (κ2) is 8.99. The Kier molecular flexibility index (Phi) is 6.72. The van der Waals surface area contributed by atoms with Crippen molar-refractivity contribution in [3.63, 3.8) is 0 Å². The number of amides is 1. The molecule has 6 heteroatoms. The molecule has 0 heterocycles. The van der Waals surface area contributed by atoms with E-state index in [0.29, 0.717) is 17.7 Å². The molecule has 0 saturated carbocycles. The molecule has 138 valence electrons. The molecule has 5 nitrogen and oxygen atoms in total. The number of hydrogen-bond donors (Lipinski definition) is 2. The number of aliphatic carboxylic acids is 1. The molecule has 1 amide bonds. The quantitative estimate of drug-likeness (QED) is 0.755. The van der Waals surface area contributed by atoms with E-state index in [-0.39, 0.29) is 6.42 Å². The topological polar surface area (TPSA) is 75.6 Å². The van der Waals surface area contributed by atoms with E-state index in [4.69, 9.17) is 9.84 Å². The third-order valence-corrected chi connectivity index (χ3v) is 3.90. The highest BCUT2D eigenvalue weighted by Crippen LogP contribution is 2.20. The SMILES string of the molecule is CCC(Oc1cccc(C)c1)C(=O)NC(CC(=O)O)c1ccc(F)cc1. The van der Waals surface area contributed by atoms with Gasteiger partial charge in [-0.2, -0.15) is 0 Å². The molecule has 0 aliphatic heterocycles. The Hall–Kier alpha value is -2.89. The Morgan fingerprint density at radius 2 is 1.88 bits per heavy atom. The fraction of sp³-hybridized carbons (Fsp3) is 0.300. The molecule has 2 N–H and O–H groups in total. The number of carboxylic acids is 1. The minimum Gasteiger partial charge on any atom is -0.481 e. The van der Waals surface area contributed by atoms with Crippen molar-refractivity contribution in [2.24, 2.45) is 0 Å². The number of ether oxygens (including phenoxy) is 1. The molecule has 2 rings (SSSR count). The number of aryl methyl sites for hydroxylation is 1. The van der Waals surface area contributed by atoms with E-state index in [9.17, 15) is 14.0 Å². The number of carboxylic acid groups (broad SMARTS) is 1.